The first-order valence-electron chi connectivity index (χ1n) is 8.71. The van der Waals surface area contributed by atoms with Crippen molar-refractivity contribution >= 4 is 29.1 Å². The summed E-state index contributed by atoms with van der Waals surface area (Å²) >= 11 is 1.22. The predicted molar refractivity (Wildman–Crippen MR) is 107 cm³/mol. The van der Waals surface area contributed by atoms with Gasteiger partial charge in [-0.2, -0.15) is 0 Å². The van der Waals surface area contributed by atoms with E-state index in [1.54, 1.807) is 0 Å². The third-order valence-electron chi connectivity index (χ3n) is 3.99. The Hall–Kier alpha value is -3.00. The van der Waals surface area contributed by atoms with Crippen LogP contribution in [0.2, 0.25) is 0 Å². The minimum Gasteiger partial charge on any atom is -0.326 e. The second-order valence-corrected chi connectivity index (χ2v) is 6.95. The average molecular weight is 398 g/mol. The molecule has 6 nitrogen and oxygen atoms in total. The first-order valence-corrected chi connectivity index (χ1v) is 9.70. The lowest BCUT2D eigenvalue weighted by Gasteiger charge is -2.08. The van der Waals surface area contributed by atoms with Crippen LogP contribution in [0.4, 0.5) is 10.1 Å². The number of carbonyl (C=O) groups excluding carboxylic acids is 2. The van der Waals surface area contributed by atoms with E-state index in [0.717, 1.165) is 17.5 Å². The van der Waals surface area contributed by atoms with E-state index >= 15 is 0 Å². The highest BCUT2D eigenvalue weighted by atomic mass is 32.2. The zero-order valence-corrected chi connectivity index (χ0v) is 16.3. The third-order valence-corrected chi connectivity index (χ3v) is 4.95. The first-order chi connectivity index (χ1) is 13.5. The molecule has 1 aromatic heterocycles. The molecule has 0 atom stereocenters. The average Bonchev–Trinajstić information content (AvgIpc) is 3.09. The second kappa shape index (κ2) is 8.79. The van der Waals surface area contributed by atoms with Crippen molar-refractivity contribution in [3.63, 3.8) is 0 Å². The van der Waals surface area contributed by atoms with Gasteiger partial charge in [-0.3, -0.25) is 9.59 Å². The van der Waals surface area contributed by atoms with Crippen molar-refractivity contribution in [2.24, 2.45) is 0 Å². The van der Waals surface area contributed by atoms with Gasteiger partial charge in [-0.25, -0.2) is 4.39 Å². The van der Waals surface area contributed by atoms with Gasteiger partial charge in [0, 0.05) is 24.7 Å². The minimum atomic E-state index is -0.668. The number of amides is 1. The molecule has 1 heterocycles. The highest BCUT2D eigenvalue weighted by molar-refractivity contribution is 7.99. The molecule has 28 heavy (non-hydrogen) atoms. The van der Waals surface area contributed by atoms with Crippen molar-refractivity contribution in [2.45, 2.75) is 25.5 Å². The largest absolute Gasteiger partial charge is 0.326 e. The lowest BCUT2D eigenvalue weighted by Crippen LogP contribution is -2.09. The van der Waals surface area contributed by atoms with Crippen LogP contribution < -0.4 is 5.32 Å². The Balaban J connectivity index is 1.73. The monoisotopic (exact) mass is 398 g/mol. The summed E-state index contributed by atoms with van der Waals surface area (Å²) in [6, 6.07) is 13.7. The number of thioether (sulfide) groups is 1. The SMILES string of the molecule is CCn1c(SCC(=O)c2ccc(NC(C)=O)cc2F)nnc1-c1ccccc1. The maximum atomic E-state index is 14.2. The molecule has 0 radical (unpaired) electrons. The Morgan fingerprint density at radius 1 is 1.14 bits per heavy atom. The molecule has 144 valence electrons. The quantitative estimate of drug-likeness (QED) is 0.480. The lowest BCUT2D eigenvalue weighted by atomic mass is 10.1. The molecule has 3 rings (SSSR count). The standard InChI is InChI=1S/C20H19FN4O2S/c1-3-25-19(14-7-5-4-6-8-14)23-24-20(25)28-12-18(27)16-10-9-15(11-17(16)21)22-13(2)26/h4-11H,3,12H2,1-2H3,(H,22,26). The molecular formula is C20H19FN4O2S. The second-order valence-electron chi connectivity index (χ2n) is 6.00. The lowest BCUT2D eigenvalue weighted by molar-refractivity contribution is -0.114. The van der Waals surface area contributed by atoms with Gasteiger partial charge >= 0.3 is 0 Å². The number of nitrogens with zero attached hydrogens (tertiary/aromatic N) is 3. The molecule has 0 fully saturated rings. The fourth-order valence-electron chi connectivity index (χ4n) is 2.71. The Kier molecular flexibility index (Phi) is 6.20. The van der Waals surface area contributed by atoms with Gasteiger partial charge < -0.3 is 9.88 Å². The zero-order chi connectivity index (χ0) is 20.1. The molecule has 0 bridgehead atoms. The smallest absolute Gasteiger partial charge is 0.221 e. The summed E-state index contributed by atoms with van der Waals surface area (Å²) in [7, 11) is 0. The predicted octanol–water partition coefficient (Wildman–Crippen LogP) is 4.04. The number of rotatable bonds is 7. The van der Waals surface area contributed by atoms with Gasteiger partial charge in [-0.15, -0.1) is 10.2 Å². The van der Waals surface area contributed by atoms with Crippen LogP contribution in [-0.2, 0) is 11.3 Å². The van der Waals surface area contributed by atoms with Crippen LogP contribution >= 0.6 is 11.8 Å². The van der Waals surface area contributed by atoms with Gasteiger partial charge in [0.1, 0.15) is 5.82 Å². The molecule has 0 aliphatic heterocycles. The number of nitrogens with one attached hydrogen (secondary N) is 1. The fourth-order valence-corrected chi connectivity index (χ4v) is 3.60. The van der Waals surface area contributed by atoms with Gasteiger partial charge in [0.15, 0.2) is 16.8 Å². The number of aromatic nitrogens is 3. The normalized spacial score (nSPS) is 10.7. The van der Waals surface area contributed by atoms with E-state index in [1.165, 1.54) is 30.8 Å². The zero-order valence-electron chi connectivity index (χ0n) is 15.5. The molecule has 2 aromatic carbocycles. The van der Waals surface area contributed by atoms with Gasteiger partial charge in [-0.05, 0) is 25.1 Å². The highest BCUT2D eigenvalue weighted by Gasteiger charge is 2.17. The number of ketones is 1. The third kappa shape index (κ3) is 4.45. The Morgan fingerprint density at radius 3 is 2.54 bits per heavy atom. The summed E-state index contributed by atoms with van der Waals surface area (Å²) in [6.07, 6.45) is 0. The van der Waals surface area contributed by atoms with Crippen molar-refractivity contribution in [2.75, 3.05) is 11.1 Å². The van der Waals surface area contributed by atoms with E-state index in [4.69, 9.17) is 0 Å². The molecule has 3 aromatic rings. The first kappa shape index (κ1) is 19.8. The summed E-state index contributed by atoms with van der Waals surface area (Å²) in [4.78, 5) is 23.5. The fraction of sp³-hybridized carbons (Fsp3) is 0.200. The van der Waals surface area contributed by atoms with E-state index in [1.807, 2.05) is 41.8 Å². The van der Waals surface area contributed by atoms with Crippen LogP contribution in [0.1, 0.15) is 24.2 Å². The van der Waals surface area contributed by atoms with Gasteiger partial charge in [0.25, 0.3) is 0 Å². The number of hydrogen-bond acceptors (Lipinski definition) is 5. The molecule has 0 saturated carbocycles. The van der Waals surface area contributed by atoms with Gasteiger partial charge in [0.2, 0.25) is 5.91 Å². The highest BCUT2D eigenvalue weighted by Crippen LogP contribution is 2.25. The molecule has 0 saturated heterocycles. The molecule has 0 aliphatic rings. The van der Waals surface area contributed by atoms with E-state index in [2.05, 4.69) is 15.5 Å². The molecule has 0 aliphatic carbocycles. The van der Waals surface area contributed by atoms with Crippen LogP contribution in [0.5, 0.6) is 0 Å². The Morgan fingerprint density at radius 2 is 1.89 bits per heavy atom. The van der Waals surface area contributed by atoms with Crippen molar-refractivity contribution < 1.29 is 14.0 Å². The Bertz CT molecular complexity index is 1000. The number of benzene rings is 2. The van der Waals surface area contributed by atoms with Gasteiger partial charge in [0.05, 0.1) is 11.3 Å². The number of carbonyl (C=O) groups is 2. The van der Waals surface area contributed by atoms with Crippen LogP contribution in [0.25, 0.3) is 11.4 Å². The molecule has 1 amide bonds. The maximum absolute atomic E-state index is 14.2. The van der Waals surface area contributed by atoms with E-state index in [0.29, 0.717) is 17.4 Å². The van der Waals surface area contributed by atoms with Crippen LogP contribution in [0, 0.1) is 5.82 Å². The van der Waals surface area contributed by atoms with Crippen LogP contribution in [0.3, 0.4) is 0 Å². The summed E-state index contributed by atoms with van der Waals surface area (Å²) < 4.78 is 16.2. The number of hydrogen-bond donors (Lipinski definition) is 1. The van der Waals surface area contributed by atoms with Crippen LogP contribution in [0.15, 0.2) is 53.7 Å². The van der Waals surface area contributed by atoms with Crippen molar-refractivity contribution in [1.29, 1.82) is 0 Å². The van der Waals surface area contributed by atoms with Crippen LogP contribution in [-0.4, -0.2) is 32.2 Å². The number of halogens is 1. The number of anilines is 1. The molecule has 0 unspecified atom stereocenters. The molecule has 8 heteroatoms. The van der Waals surface area contributed by atoms with E-state index in [-0.39, 0.29) is 23.0 Å². The Labute approximate surface area is 166 Å². The topological polar surface area (TPSA) is 76.9 Å². The summed E-state index contributed by atoms with van der Waals surface area (Å²) in [5.74, 6) is -0.572. The summed E-state index contributed by atoms with van der Waals surface area (Å²) in [5.41, 5.74) is 1.23. The summed E-state index contributed by atoms with van der Waals surface area (Å²) in [5, 5.41) is 11.5. The van der Waals surface area contributed by atoms with Crippen molar-refractivity contribution in [3.05, 3.63) is 59.9 Å². The van der Waals surface area contributed by atoms with Crippen molar-refractivity contribution in [3.8, 4) is 11.4 Å². The molecule has 1 N–H and O–H groups in total. The maximum Gasteiger partial charge on any atom is 0.221 e. The summed E-state index contributed by atoms with van der Waals surface area (Å²) in [6.45, 7) is 3.96. The minimum absolute atomic E-state index is 0.0209. The molecular weight excluding hydrogens is 379 g/mol. The van der Waals surface area contributed by atoms with Gasteiger partial charge in [-0.1, -0.05) is 42.1 Å². The number of Topliss-reactive ketones (excluding diaryl/α,β-unsaturated/α-hetero) is 1. The van der Waals surface area contributed by atoms with E-state index < -0.39 is 5.82 Å². The van der Waals surface area contributed by atoms with Crippen molar-refractivity contribution in [1.82, 2.24) is 14.8 Å². The van der Waals surface area contributed by atoms with E-state index in [9.17, 15) is 14.0 Å². The molecule has 0 spiro atoms.